The standard InChI is InChI=1S/C25H23F3N2OS/c1-17(2)18-8-11-22(12-9-18)32-16-24(31,25(26,27)28)20-10-13-23-19(14-20)15-29-30(23)21-6-4-3-5-7-21/h3-15,17,31H,16H2,1-2H3. The number of alkyl halides is 3. The van der Waals surface area contributed by atoms with E-state index in [2.05, 4.69) is 18.9 Å². The number of nitrogens with zero attached hydrogens (tertiary/aromatic N) is 2. The average molecular weight is 457 g/mol. The number of para-hydroxylation sites is 1. The van der Waals surface area contributed by atoms with Crippen LogP contribution in [-0.4, -0.2) is 26.8 Å². The van der Waals surface area contributed by atoms with Crippen molar-refractivity contribution in [2.75, 3.05) is 5.75 Å². The van der Waals surface area contributed by atoms with E-state index >= 15 is 0 Å². The van der Waals surface area contributed by atoms with Crippen molar-refractivity contribution in [2.45, 2.75) is 36.4 Å². The molecular weight excluding hydrogens is 433 g/mol. The van der Waals surface area contributed by atoms with Crippen molar-refractivity contribution in [2.24, 2.45) is 0 Å². The van der Waals surface area contributed by atoms with Crippen molar-refractivity contribution in [1.29, 1.82) is 0 Å². The minimum atomic E-state index is -4.83. The molecule has 4 rings (SSSR count). The van der Waals surface area contributed by atoms with Crippen LogP contribution in [-0.2, 0) is 5.60 Å². The fourth-order valence-corrected chi connectivity index (χ4v) is 4.57. The Hall–Kier alpha value is -2.77. The zero-order chi connectivity index (χ0) is 22.9. The zero-order valence-corrected chi connectivity index (χ0v) is 18.5. The first-order valence-electron chi connectivity index (χ1n) is 10.2. The first-order chi connectivity index (χ1) is 15.2. The van der Waals surface area contributed by atoms with Gasteiger partial charge < -0.3 is 5.11 Å². The quantitative estimate of drug-likeness (QED) is 0.329. The van der Waals surface area contributed by atoms with Crippen LogP contribution in [0.2, 0.25) is 0 Å². The lowest BCUT2D eigenvalue weighted by atomic mass is 9.94. The summed E-state index contributed by atoms with van der Waals surface area (Å²) in [6.45, 7) is 4.11. The first kappa shape index (κ1) is 22.4. The van der Waals surface area contributed by atoms with Crippen LogP contribution in [0.4, 0.5) is 13.2 Å². The van der Waals surface area contributed by atoms with Gasteiger partial charge in [-0.25, -0.2) is 4.68 Å². The van der Waals surface area contributed by atoms with Gasteiger partial charge in [-0.1, -0.05) is 50.2 Å². The van der Waals surface area contributed by atoms with Crippen LogP contribution >= 0.6 is 11.8 Å². The summed E-state index contributed by atoms with van der Waals surface area (Å²) in [5.74, 6) is -0.208. The molecule has 1 atom stereocenters. The van der Waals surface area contributed by atoms with Crippen molar-refractivity contribution >= 4 is 22.7 Å². The van der Waals surface area contributed by atoms with Gasteiger partial charge >= 0.3 is 6.18 Å². The summed E-state index contributed by atoms with van der Waals surface area (Å²) in [5.41, 5.74) is -0.599. The third-order valence-electron chi connectivity index (χ3n) is 5.51. The molecule has 0 amide bonds. The number of aliphatic hydroxyl groups is 1. The predicted molar refractivity (Wildman–Crippen MR) is 122 cm³/mol. The Kier molecular flexibility index (Phi) is 6.05. The molecule has 3 nitrogen and oxygen atoms in total. The monoisotopic (exact) mass is 456 g/mol. The molecule has 0 aliphatic rings. The summed E-state index contributed by atoms with van der Waals surface area (Å²) in [6, 6.07) is 21.0. The number of hydrogen-bond donors (Lipinski definition) is 1. The van der Waals surface area contributed by atoms with E-state index < -0.39 is 17.5 Å². The van der Waals surface area contributed by atoms with Gasteiger partial charge in [0, 0.05) is 16.0 Å². The molecule has 1 heterocycles. The Morgan fingerprint density at radius 2 is 1.66 bits per heavy atom. The van der Waals surface area contributed by atoms with Crippen molar-refractivity contribution in [1.82, 2.24) is 9.78 Å². The van der Waals surface area contributed by atoms with Gasteiger partial charge in [-0.2, -0.15) is 18.3 Å². The Bertz CT molecular complexity index is 1200. The highest BCUT2D eigenvalue weighted by Gasteiger charge is 2.55. The van der Waals surface area contributed by atoms with Gasteiger partial charge in [0.1, 0.15) is 0 Å². The van der Waals surface area contributed by atoms with E-state index in [4.69, 9.17) is 0 Å². The summed E-state index contributed by atoms with van der Waals surface area (Å²) in [5, 5.41) is 15.7. The second-order valence-electron chi connectivity index (χ2n) is 8.04. The molecule has 32 heavy (non-hydrogen) atoms. The highest BCUT2D eigenvalue weighted by Crippen LogP contribution is 2.43. The summed E-state index contributed by atoms with van der Waals surface area (Å²) >= 11 is 0.986. The van der Waals surface area contributed by atoms with Crippen LogP contribution in [0.1, 0.15) is 30.9 Å². The fraction of sp³-hybridized carbons (Fsp3) is 0.240. The number of aromatic nitrogens is 2. The van der Waals surface area contributed by atoms with Gasteiger partial charge in [0.05, 0.1) is 17.4 Å². The molecule has 0 spiro atoms. The number of benzene rings is 3. The van der Waals surface area contributed by atoms with Crippen molar-refractivity contribution in [3.05, 3.63) is 90.1 Å². The van der Waals surface area contributed by atoms with Gasteiger partial charge in [0.2, 0.25) is 0 Å². The lowest BCUT2D eigenvalue weighted by molar-refractivity contribution is -0.256. The topological polar surface area (TPSA) is 38.1 Å². The predicted octanol–water partition coefficient (Wildman–Crippen LogP) is 6.69. The first-order valence-corrected chi connectivity index (χ1v) is 11.2. The molecule has 0 aliphatic heterocycles. The SMILES string of the molecule is CC(C)c1ccc(SCC(O)(c2ccc3c(cnn3-c3ccccc3)c2)C(F)(F)F)cc1. The number of hydrogen-bond acceptors (Lipinski definition) is 3. The lowest BCUT2D eigenvalue weighted by Gasteiger charge is -2.31. The summed E-state index contributed by atoms with van der Waals surface area (Å²) < 4.78 is 43.8. The molecule has 166 valence electrons. The number of rotatable bonds is 6. The highest BCUT2D eigenvalue weighted by molar-refractivity contribution is 7.99. The molecule has 4 aromatic rings. The third kappa shape index (κ3) is 4.27. The van der Waals surface area contributed by atoms with Crippen LogP contribution in [0, 0.1) is 0 Å². The Labute approximate surface area is 188 Å². The van der Waals surface area contributed by atoms with Crippen LogP contribution < -0.4 is 0 Å². The second-order valence-corrected chi connectivity index (χ2v) is 9.08. The van der Waals surface area contributed by atoms with E-state index in [0.717, 1.165) is 23.0 Å². The molecule has 0 fully saturated rings. The van der Waals surface area contributed by atoms with Gasteiger partial charge in [-0.05, 0) is 53.4 Å². The smallest absolute Gasteiger partial charge is 0.376 e. The minimum Gasteiger partial charge on any atom is -0.376 e. The maximum atomic E-state index is 14.0. The molecule has 0 aliphatic carbocycles. The van der Waals surface area contributed by atoms with Crippen molar-refractivity contribution < 1.29 is 18.3 Å². The van der Waals surface area contributed by atoms with Crippen molar-refractivity contribution in [3.63, 3.8) is 0 Å². The largest absolute Gasteiger partial charge is 0.422 e. The second kappa shape index (κ2) is 8.64. The Balaban J connectivity index is 1.65. The van der Waals surface area contributed by atoms with E-state index in [0.29, 0.717) is 21.7 Å². The summed E-state index contributed by atoms with van der Waals surface area (Å²) in [6.07, 6.45) is -3.32. The lowest BCUT2D eigenvalue weighted by Crippen LogP contribution is -2.44. The van der Waals surface area contributed by atoms with E-state index in [1.807, 2.05) is 42.5 Å². The number of thioether (sulfide) groups is 1. The van der Waals surface area contributed by atoms with Crippen LogP contribution in [0.5, 0.6) is 0 Å². The fourth-order valence-electron chi connectivity index (χ4n) is 3.53. The Morgan fingerprint density at radius 1 is 0.969 bits per heavy atom. The molecule has 0 bridgehead atoms. The average Bonchev–Trinajstić information content (AvgIpc) is 3.21. The summed E-state index contributed by atoms with van der Waals surface area (Å²) in [4.78, 5) is 0.676. The van der Waals surface area contributed by atoms with Crippen LogP contribution in [0.25, 0.3) is 16.6 Å². The molecule has 1 N–H and O–H groups in total. The molecule has 0 saturated heterocycles. The molecule has 1 unspecified atom stereocenters. The van der Waals surface area contributed by atoms with E-state index in [1.165, 1.54) is 18.3 Å². The normalized spacial score (nSPS) is 14.1. The van der Waals surface area contributed by atoms with Gasteiger partial charge in [0.25, 0.3) is 0 Å². The summed E-state index contributed by atoms with van der Waals surface area (Å²) in [7, 11) is 0. The third-order valence-corrected chi connectivity index (χ3v) is 6.68. The number of halogens is 3. The maximum Gasteiger partial charge on any atom is 0.422 e. The maximum absolute atomic E-state index is 14.0. The van der Waals surface area contributed by atoms with E-state index in [1.54, 1.807) is 22.9 Å². The molecule has 0 radical (unpaired) electrons. The van der Waals surface area contributed by atoms with Gasteiger partial charge in [-0.3, -0.25) is 0 Å². The van der Waals surface area contributed by atoms with Gasteiger partial charge in [-0.15, -0.1) is 11.8 Å². The van der Waals surface area contributed by atoms with Crippen molar-refractivity contribution in [3.8, 4) is 5.69 Å². The highest BCUT2D eigenvalue weighted by atomic mass is 32.2. The zero-order valence-electron chi connectivity index (χ0n) is 17.7. The molecule has 0 saturated carbocycles. The van der Waals surface area contributed by atoms with Crippen LogP contribution in [0.3, 0.4) is 0 Å². The molecule has 3 aromatic carbocycles. The molecular formula is C25H23F3N2OS. The van der Waals surface area contributed by atoms with Crippen LogP contribution in [0.15, 0.2) is 83.9 Å². The Morgan fingerprint density at radius 3 is 2.28 bits per heavy atom. The number of fused-ring (bicyclic) bond motifs is 1. The van der Waals surface area contributed by atoms with Gasteiger partial charge in [0.15, 0.2) is 5.60 Å². The molecule has 1 aromatic heterocycles. The van der Waals surface area contributed by atoms with E-state index in [9.17, 15) is 18.3 Å². The van der Waals surface area contributed by atoms with E-state index in [-0.39, 0.29) is 5.56 Å². The minimum absolute atomic E-state index is 0.198. The molecule has 7 heteroatoms.